The van der Waals surface area contributed by atoms with Crippen LogP contribution in [-0.4, -0.2) is 16.9 Å². The van der Waals surface area contributed by atoms with Crippen LogP contribution in [-0.2, 0) is 6.54 Å². The zero-order valence-corrected chi connectivity index (χ0v) is 11.2. The molecule has 1 aromatic heterocycles. The Labute approximate surface area is 111 Å². The number of aryl methyl sites for hydroxylation is 1. The fourth-order valence-electron chi connectivity index (χ4n) is 1.93. The molecule has 1 heterocycles. The van der Waals surface area contributed by atoms with Crippen molar-refractivity contribution < 1.29 is 4.74 Å². The molecule has 2 rings (SSSR count). The van der Waals surface area contributed by atoms with Crippen molar-refractivity contribution in [1.82, 2.24) is 9.78 Å². The smallest absolute Gasteiger partial charge is 0.161 e. The predicted octanol–water partition coefficient (Wildman–Crippen LogP) is 2.61. The highest BCUT2D eigenvalue weighted by Gasteiger charge is 2.19. The fraction of sp³-hybridized carbons (Fsp3) is 0.308. The summed E-state index contributed by atoms with van der Waals surface area (Å²) in [6.45, 7) is 2.77. The third kappa shape index (κ3) is 2.35. The molecular weight excluding hydrogens is 250 g/mol. The van der Waals surface area contributed by atoms with Crippen molar-refractivity contribution in [2.24, 2.45) is 5.73 Å². The van der Waals surface area contributed by atoms with Gasteiger partial charge in [-0.15, -0.1) is 0 Å². The van der Waals surface area contributed by atoms with E-state index in [1.165, 1.54) is 0 Å². The number of halogens is 1. The lowest BCUT2D eigenvalue weighted by atomic mass is 10.0. The van der Waals surface area contributed by atoms with Gasteiger partial charge in [0, 0.05) is 11.6 Å². The number of rotatable bonds is 4. The molecule has 4 nitrogen and oxygen atoms in total. The second kappa shape index (κ2) is 5.42. The van der Waals surface area contributed by atoms with E-state index in [9.17, 15) is 0 Å². The summed E-state index contributed by atoms with van der Waals surface area (Å²) in [6, 6.07) is 7.21. The first kappa shape index (κ1) is 12.9. The lowest BCUT2D eigenvalue weighted by Gasteiger charge is -2.15. The van der Waals surface area contributed by atoms with Crippen LogP contribution in [0, 0.1) is 0 Å². The minimum absolute atomic E-state index is 0.278. The second-order valence-electron chi connectivity index (χ2n) is 3.94. The van der Waals surface area contributed by atoms with Crippen molar-refractivity contribution in [3.05, 3.63) is 46.7 Å². The maximum atomic E-state index is 6.28. The molecule has 1 atom stereocenters. The number of aromatic nitrogens is 2. The molecule has 0 fully saturated rings. The van der Waals surface area contributed by atoms with Crippen molar-refractivity contribution in [2.75, 3.05) is 7.11 Å². The Hall–Kier alpha value is -1.52. The van der Waals surface area contributed by atoms with Crippen LogP contribution in [0.2, 0.25) is 5.02 Å². The lowest BCUT2D eigenvalue weighted by molar-refractivity contribution is 0.404. The zero-order valence-electron chi connectivity index (χ0n) is 10.4. The third-order valence-corrected chi connectivity index (χ3v) is 3.14. The lowest BCUT2D eigenvalue weighted by Crippen LogP contribution is -2.17. The topological polar surface area (TPSA) is 53.1 Å². The number of ether oxygens (including phenoxy) is 1. The fourth-order valence-corrected chi connectivity index (χ4v) is 2.05. The highest BCUT2D eigenvalue weighted by molar-refractivity contribution is 6.30. The van der Waals surface area contributed by atoms with Gasteiger partial charge in [-0.1, -0.05) is 23.7 Å². The molecular formula is C13H16ClN3O. The summed E-state index contributed by atoms with van der Waals surface area (Å²) in [6.07, 6.45) is 1.69. The van der Waals surface area contributed by atoms with Crippen LogP contribution in [0.4, 0.5) is 0 Å². The van der Waals surface area contributed by atoms with E-state index in [1.54, 1.807) is 13.3 Å². The van der Waals surface area contributed by atoms with Crippen molar-refractivity contribution in [3.8, 4) is 5.75 Å². The number of hydrogen-bond donors (Lipinski definition) is 1. The van der Waals surface area contributed by atoms with Gasteiger partial charge in [0.25, 0.3) is 0 Å². The molecule has 96 valence electrons. The van der Waals surface area contributed by atoms with E-state index in [2.05, 4.69) is 5.10 Å². The Morgan fingerprint density at radius 3 is 2.61 bits per heavy atom. The summed E-state index contributed by atoms with van der Waals surface area (Å²) in [5.74, 6) is 0.708. The molecule has 0 aliphatic carbocycles. The standard InChI is InChI=1S/C13H16ClN3O/c1-3-17-13(11(18-2)8-16-17)12(15)9-4-6-10(14)7-5-9/h4-8,12H,3,15H2,1-2H3. The maximum Gasteiger partial charge on any atom is 0.161 e. The van der Waals surface area contributed by atoms with Gasteiger partial charge >= 0.3 is 0 Å². The molecule has 2 aromatic rings. The van der Waals surface area contributed by atoms with Crippen molar-refractivity contribution in [3.63, 3.8) is 0 Å². The molecule has 0 aliphatic rings. The van der Waals surface area contributed by atoms with Gasteiger partial charge in [0.15, 0.2) is 5.75 Å². The molecule has 0 saturated carbocycles. The van der Waals surface area contributed by atoms with E-state index in [0.717, 1.165) is 17.8 Å². The summed E-state index contributed by atoms with van der Waals surface area (Å²) in [7, 11) is 1.62. The summed E-state index contributed by atoms with van der Waals surface area (Å²) in [4.78, 5) is 0. The van der Waals surface area contributed by atoms with Crippen LogP contribution in [0.5, 0.6) is 5.75 Å². The Morgan fingerprint density at radius 1 is 1.39 bits per heavy atom. The normalized spacial score (nSPS) is 12.4. The van der Waals surface area contributed by atoms with Gasteiger partial charge in [-0.2, -0.15) is 5.10 Å². The summed E-state index contributed by atoms with van der Waals surface area (Å²) >= 11 is 5.88. The predicted molar refractivity (Wildman–Crippen MR) is 71.9 cm³/mol. The van der Waals surface area contributed by atoms with E-state index < -0.39 is 0 Å². The molecule has 0 bridgehead atoms. The van der Waals surface area contributed by atoms with Gasteiger partial charge in [-0.05, 0) is 24.6 Å². The molecule has 0 spiro atoms. The maximum absolute atomic E-state index is 6.28. The molecule has 0 aliphatic heterocycles. The number of hydrogen-bond acceptors (Lipinski definition) is 3. The Morgan fingerprint density at radius 2 is 2.06 bits per heavy atom. The van der Waals surface area contributed by atoms with Gasteiger partial charge in [0.1, 0.15) is 5.69 Å². The Balaban J connectivity index is 2.41. The van der Waals surface area contributed by atoms with E-state index in [1.807, 2.05) is 35.9 Å². The van der Waals surface area contributed by atoms with E-state index in [-0.39, 0.29) is 6.04 Å². The van der Waals surface area contributed by atoms with Crippen molar-refractivity contribution >= 4 is 11.6 Å². The molecule has 18 heavy (non-hydrogen) atoms. The average molecular weight is 266 g/mol. The average Bonchev–Trinajstić information content (AvgIpc) is 2.81. The van der Waals surface area contributed by atoms with Crippen LogP contribution < -0.4 is 10.5 Å². The number of benzene rings is 1. The number of nitrogens with two attached hydrogens (primary N) is 1. The van der Waals surface area contributed by atoms with Crippen LogP contribution >= 0.6 is 11.6 Å². The van der Waals surface area contributed by atoms with Crippen LogP contribution in [0.1, 0.15) is 24.2 Å². The molecule has 1 aromatic carbocycles. The molecule has 0 radical (unpaired) electrons. The first-order valence-electron chi connectivity index (χ1n) is 5.78. The molecule has 0 saturated heterocycles. The van der Waals surface area contributed by atoms with Crippen LogP contribution in [0.15, 0.2) is 30.5 Å². The molecule has 1 unspecified atom stereocenters. The van der Waals surface area contributed by atoms with Gasteiger partial charge in [0.2, 0.25) is 0 Å². The summed E-state index contributed by atoms with van der Waals surface area (Å²) < 4.78 is 7.15. The first-order chi connectivity index (χ1) is 8.67. The van der Waals surface area contributed by atoms with Crippen molar-refractivity contribution in [2.45, 2.75) is 19.5 Å². The minimum atomic E-state index is -0.278. The Kier molecular flexibility index (Phi) is 3.89. The largest absolute Gasteiger partial charge is 0.493 e. The number of nitrogens with zero attached hydrogens (tertiary/aromatic N) is 2. The number of methoxy groups -OCH3 is 1. The van der Waals surface area contributed by atoms with E-state index in [4.69, 9.17) is 22.1 Å². The molecule has 0 amide bonds. The summed E-state index contributed by atoms with van der Waals surface area (Å²) in [5, 5.41) is 4.95. The zero-order chi connectivity index (χ0) is 13.1. The summed E-state index contributed by atoms with van der Waals surface area (Å²) in [5.41, 5.74) is 8.14. The second-order valence-corrected chi connectivity index (χ2v) is 4.38. The quantitative estimate of drug-likeness (QED) is 0.925. The SMILES string of the molecule is CCn1ncc(OC)c1C(N)c1ccc(Cl)cc1. The van der Waals surface area contributed by atoms with E-state index >= 15 is 0 Å². The third-order valence-electron chi connectivity index (χ3n) is 2.89. The Bertz CT molecular complexity index is 500. The monoisotopic (exact) mass is 265 g/mol. The van der Waals surface area contributed by atoms with Crippen molar-refractivity contribution in [1.29, 1.82) is 0 Å². The highest BCUT2D eigenvalue weighted by atomic mass is 35.5. The van der Waals surface area contributed by atoms with Crippen LogP contribution in [0.25, 0.3) is 0 Å². The van der Waals surface area contributed by atoms with Gasteiger partial charge in [-0.3, -0.25) is 4.68 Å². The molecule has 5 heteroatoms. The van der Waals surface area contributed by atoms with Crippen LogP contribution in [0.3, 0.4) is 0 Å². The van der Waals surface area contributed by atoms with Gasteiger partial charge in [0.05, 0.1) is 19.3 Å². The van der Waals surface area contributed by atoms with Gasteiger partial charge in [-0.25, -0.2) is 0 Å². The van der Waals surface area contributed by atoms with E-state index in [0.29, 0.717) is 10.8 Å². The highest BCUT2D eigenvalue weighted by Crippen LogP contribution is 2.28. The first-order valence-corrected chi connectivity index (χ1v) is 6.16. The van der Waals surface area contributed by atoms with Gasteiger partial charge < -0.3 is 10.5 Å². The minimum Gasteiger partial charge on any atom is -0.493 e. The molecule has 2 N–H and O–H groups in total.